The van der Waals surface area contributed by atoms with Gasteiger partial charge in [0.15, 0.2) is 0 Å². The molecule has 1 aliphatic rings. The summed E-state index contributed by atoms with van der Waals surface area (Å²) in [5, 5.41) is 0. The lowest BCUT2D eigenvalue weighted by Gasteiger charge is -2.22. The Morgan fingerprint density at radius 3 is 2.41 bits per heavy atom. The van der Waals surface area contributed by atoms with Gasteiger partial charge in [0, 0.05) is 40.1 Å². The van der Waals surface area contributed by atoms with Gasteiger partial charge in [-0.25, -0.2) is 9.97 Å². The summed E-state index contributed by atoms with van der Waals surface area (Å²) in [6, 6.07) is 6.72. The van der Waals surface area contributed by atoms with Gasteiger partial charge in [-0.15, -0.1) is 0 Å². The fourth-order valence-electron chi connectivity index (χ4n) is 1.80. The maximum absolute atomic E-state index is 12.0. The Kier molecular flexibility index (Phi) is 7.21. The predicted octanol–water partition coefficient (Wildman–Crippen LogP) is 4.39. The van der Waals surface area contributed by atoms with E-state index in [4.69, 9.17) is 9.47 Å². The molecule has 1 fully saturated rings. The van der Waals surface area contributed by atoms with Crippen LogP contribution in [0.5, 0.6) is 5.88 Å². The molecule has 4 nitrogen and oxygen atoms in total. The second-order valence-corrected chi connectivity index (χ2v) is 6.40. The van der Waals surface area contributed by atoms with Crippen LogP contribution in [0.25, 0.3) is 0 Å². The molecular weight excluding hydrogens is 419 g/mol. The fourth-order valence-corrected chi connectivity index (χ4v) is 2.42. The van der Waals surface area contributed by atoms with Gasteiger partial charge in [-0.1, -0.05) is 31.9 Å². The van der Waals surface area contributed by atoms with Crippen LogP contribution in [0.2, 0.25) is 0 Å². The van der Waals surface area contributed by atoms with Gasteiger partial charge in [0.05, 0.1) is 6.61 Å². The average molecular weight is 434 g/mol. The quantitative estimate of drug-likeness (QED) is 0.659. The molecule has 1 atom stereocenters. The predicted molar refractivity (Wildman–Crippen MR) is 88.3 cm³/mol. The summed E-state index contributed by atoms with van der Waals surface area (Å²) in [5.74, 6) is 0.203. The second kappa shape index (κ2) is 9.17. The molecular formula is C15H15Br2FN2O2. The SMILES string of the molecule is Brc1ccnc(OC2CCCOC2)c1.Fc1cc(Br)ccn1. The molecule has 0 aromatic carbocycles. The lowest BCUT2D eigenvalue weighted by molar-refractivity contribution is 0.00547. The van der Waals surface area contributed by atoms with Crippen molar-refractivity contribution in [2.45, 2.75) is 18.9 Å². The van der Waals surface area contributed by atoms with E-state index in [1.807, 2.05) is 12.1 Å². The van der Waals surface area contributed by atoms with E-state index in [-0.39, 0.29) is 6.10 Å². The molecule has 0 radical (unpaired) electrons. The number of aromatic nitrogens is 2. The van der Waals surface area contributed by atoms with Crippen molar-refractivity contribution in [3.63, 3.8) is 0 Å². The van der Waals surface area contributed by atoms with Gasteiger partial charge < -0.3 is 9.47 Å². The summed E-state index contributed by atoms with van der Waals surface area (Å²) >= 11 is 6.46. The molecule has 0 aliphatic carbocycles. The Labute approximate surface area is 145 Å². The fraction of sp³-hybridized carbons (Fsp3) is 0.333. The van der Waals surface area contributed by atoms with Gasteiger partial charge >= 0.3 is 0 Å². The van der Waals surface area contributed by atoms with Crippen LogP contribution in [0.4, 0.5) is 4.39 Å². The Balaban J connectivity index is 0.000000188. The highest BCUT2D eigenvalue weighted by Gasteiger charge is 2.15. The van der Waals surface area contributed by atoms with Crippen molar-refractivity contribution in [1.29, 1.82) is 0 Å². The first kappa shape index (κ1) is 17.3. The molecule has 7 heteroatoms. The van der Waals surface area contributed by atoms with Crippen molar-refractivity contribution in [2.24, 2.45) is 0 Å². The van der Waals surface area contributed by atoms with E-state index >= 15 is 0 Å². The minimum Gasteiger partial charge on any atom is -0.472 e. The van der Waals surface area contributed by atoms with Crippen LogP contribution >= 0.6 is 31.9 Å². The first-order valence-corrected chi connectivity index (χ1v) is 8.35. The van der Waals surface area contributed by atoms with Gasteiger partial charge in [0.1, 0.15) is 6.10 Å². The normalized spacial score (nSPS) is 17.3. The summed E-state index contributed by atoms with van der Waals surface area (Å²) in [6.45, 7) is 1.53. The van der Waals surface area contributed by atoms with Crippen molar-refractivity contribution in [3.05, 3.63) is 51.6 Å². The average Bonchev–Trinajstić information content (AvgIpc) is 2.49. The van der Waals surface area contributed by atoms with Gasteiger partial charge in [-0.3, -0.25) is 0 Å². The van der Waals surface area contributed by atoms with E-state index in [9.17, 15) is 4.39 Å². The van der Waals surface area contributed by atoms with E-state index in [0.29, 0.717) is 17.0 Å². The number of hydrogen-bond donors (Lipinski definition) is 0. The van der Waals surface area contributed by atoms with Crippen molar-refractivity contribution >= 4 is 31.9 Å². The van der Waals surface area contributed by atoms with Crippen LogP contribution in [0.1, 0.15) is 12.8 Å². The molecule has 3 rings (SSSR count). The molecule has 0 spiro atoms. The number of rotatable bonds is 2. The van der Waals surface area contributed by atoms with Gasteiger partial charge in [0.25, 0.3) is 0 Å². The minimum atomic E-state index is -0.459. The first-order valence-electron chi connectivity index (χ1n) is 6.76. The van der Waals surface area contributed by atoms with Gasteiger partial charge in [-0.2, -0.15) is 4.39 Å². The summed E-state index contributed by atoms with van der Waals surface area (Å²) in [6.07, 6.45) is 5.40. The molecule has 0 bridgehead atoms. The number of ether oxygens (including phenoxy) is 2. The third kappa shape index (κ3) is 6.37. The van der Waals surface area contributed by atoms with Crippen LogP contribution in [0, 0.1) is 5.95 Å². The Bertz CT molecular complexity index is 578. The highest BCUT2D eigenvalue weighted by atomic mass is 79.9. The van der Waals surface area contributed by atoms with Crippen molar-refractivity contribution < 1.29 is 13.9 Å². The molecule has 1 saturated heterocycles. The number of pyridine rings is 2. The molecule has 3 heterocycles. The van der Waals surface area contributed by atoms with Crippen LogP contribution in [0.15, 0.2) is 45.6 Å². The molecule has 1 aliphatic heterocycles. The smallest absolute Gasteiger partial charge is 0.214 e. The second-order valence-electron chi connectivity index (χ2n) is 4.57. The lowest BCUT2D eigenvalue weighted by atomic mass is 10.2. The highest BCUT2D eigenvalue weighted by Crippen LogP contribution is 2.18. The molecule has 118 valence electrons. The summed E-state index contributed by atoms with van der Waals surface area (Å²) < 4.78 is 24.7. The summed E-state index contributed by atoms with van der Waals surface area (Å²) in [5.41, 5.74) is 0. The molecule has 0 amide bonds. The van der Waals surface area contributed by atoms with Gasteiger partial charge in [-0.05, 0) is 25.0 Å². The highest BCUT2D eigenvalue weighted by molar-refractivity contribution is 9.10. The molecule has 2 aromatic heterocycles. The topological polar surface area (TPSA) is 44.2 Å². The third-order valence-electron chi connectivity index (χ3n) is 2.79. The molecule has 22 heavy (non-hydrogen) atoms. The Morgan fingerprint density at radius 1 is 1.14 bits per heavy atom. The Hall–Kier alpha value is -1.05. The third-order valence-corrected chi connectivity index (χ3v) is 3.78. The maximum atomic E-state index is 12.0. The van der Waals surface area contributed by atoms with E-state index in [2.05, 4.69) is 41.8 Å². The van der Waals surface area contributed by atoms with Gasteiger partial charge in [0.2, 0.25) is 11.8 Å². The van der Waals surface area contributed by atoms with E-state index in [1.165, 1.54) is 12.3 Å². The summed E-state index contributed by atoms with van der Waals surface area (Å²) in [7, 11) is 0. The van der Waals surface area contributed by atoms with E-state index < -0.39 is 5.95 Å². The summed E-state index contributed by atoms with van der Waals surface area (Å²) in [4.78, 5) is 7.47. The van der Waals surface area contributed by atoms with Crippen molar-refractivity contribution in [1.82, 2.24) is 9.97 Å². The van der Waals surface area contributed by atoms with E-state index in [0.717, 1.165) is 23.9 Å². The molecule has 1 unspecified atom stereocenters. The minimum absolute atomic E-state index is 0.158. The molecule has 0 N–H and O–H groups in total. The molecule has 2 aromatic rings. The van der Waals surface area contributed by atoms with Crippen LogP contribution in [-0.4, -0.2) is 29.3 Å². The first-order chi connectivity index (χ1) is 10.6. The monoisotopic (exact) mass is 432 g/mol. The lowest BCUT2D eigenvalue weighted by Crippen LogP contribution is -2.28. The Morgan fingerprint density at radius 2 is 1.86 bits per heavy atom. The van der Waals surface area contributed by atoms with E-state index in [1.54, 1.807) is 12.3 Å². The van der Waals surface area contributed by atoms with Crippen LogP contribution in [0.3, 0.4) is 0 Å². The van der Waals surface area contributed by atoms with Crippen LogP contribution in [-0.2, 0) is 4.74 Å². The maximum Gasteiger partial charge on any atom is 0.214 e. The van der Waals surface area contributed by atoms with Crippen LogP contribution < -0.4 is 4.74 Å². The number of hydrogen-bond acceptors (Lipinski definition) is 4. The zero-order chi connectivity index (χ0) is 15.8. The van der Waals surface area contributed by atoms with Crippen molar-refractivity contribution in [3.8, 4) is 5.88 Å². The largest absolute Gasteiger partial charge is 0.472 e. The number of halogens is 3. The number of nitrogens with zero attached hydrogens (tertiary/aromatic N) is 2. The zero-order valence-corrected chi connectivity index (χ0v) is 14.9. The van der Waals surface area contributed by atoms with Crippen molar-refractivity contribution in [2.75, 3.05) is 13.2 Å². The molecule has 0 saturated carbocycles. The standard InChI is InChI=1S/C10H12BrNO2.C5H3BrFN/c11-8-3-4-12-10(6-8)14-9-2-1-5-13-7-9;6-4-1-2-8-5(7)3-4/h3-4,6,9H,1-2,5,7H2;1-3H. The zero-order valence-electron chi connectivity index (χ0n) is 11.7.